The van der Waals surface area contributed by atoms with Gasteiger partial charge in [-0.25, -0.2) is 9.97 Å². The molecule has 0 spiro atoms. The smallest absolute Gasteiger partial charge is 0.227 e. The molecule has 0 amide bonds. The zero-order chi connectivity index (χ0) is 34.2. The van der Waals surface area contributed by atoms with Gasteiger partial charge in [0.05, 0.1) is 22.7 Å². The molecule has 2 aromatic heterocycles. The third-order valence-electron chi connectivity index (χ3n) is 9.51. The zero-order valence-corrected chi connectivity index (χ0v) is 28.2. The molecule has 246 valence electrons. The van der Waals surface area contributed by atoms with Crippen LogP contribution in [-0.4, -0.2) is 9.97 Å². The second-order valence-corrected chi connectivity index (χ2v) is 13.7. The molecule has 0 saturated carbocycles. The van der Waals surface area contributed by atoms with Gasteiger partial charge in [0, 0.05) is 44.4 Å². The topological polar surface area (TPSA) is 67.8 Å². The molecule has 0 unspecified atom stereocenters. The Bertz CT molecular complexity index is 2490. The first-order valence-electron chi connectivity index (χ1n) is 17.0. The first-order valence-corrected chi connectivity index (χ1v) is 17.8. The van der Waals surface area contributed by atoms with Gasteiger partial charge in [0.25, 0.3) is 0 Å². The summed E-state index contributed by atoms with van der Waals surface area (Å²) in [6, 6.07) is 53.5. The molecule has 0 atom stereocenters. The van der Waals surface area contributed by atoms with Gasteiger partial charge in [-0.1, -0.05) is 60.3 Å². The summed E-state index contributed by atoms with van der Waals surface area (Å²) in [7, 11) is 0. The fourth-order valence-electron chi connectivity index (χ4n) is 7.07. The standard InChI is InChI=1S/C44H26N4O3S/c1-5-13-37-33(9-1)47(34-10-2-6-14-38(34)49-37)29-21-17-27(18-22-29)43-45-31-25-40-32(26-39(31)50-43)46-44(51-40)28-19-23-30(24-20-28)48-35-11-3-7-15-41(35)52-42-16-8-4-12-36(42)48/h1-26H. The van der Waals surface area contributed by atoms with Crippen LogP contribution in [-0.2, 0) is 0 Å². The summed E-state index contributed by atoms with van der Waals surface area (Å²) in [6.45, 7) is 0. The van der Waals surface area contributed by atoms with Crippen molar-refractivity contribution in [1.82, 2.24) is 9.97 Å². The normalized spacial score (nSPS) is 13.0. The third kappa shape index (κ3) is 4.62. The molecule has 52 heavy (non-hydrogen) atoms. The van der Waals surface area contributed by atoms with Crippen LogP contribution in [0.1, 0.15) is 0 Å². The lowest BCUT2D eigenvalue weighted by atomic mass is 10.1. The van der Waals surface area contributed by atoms with E-state index >= 15 is 0 Å². The van der Waals surface area contributed by atoms with Gasteiger partial charge in [-0.05, 0) is 97.1 Å². The van der Waals surface area contributed by atoms with Crippen molar-refractivity contribution in [2.75, 3.05) is 9.80 Å². The molecule has 0 bridgehead atoms. The molecular formula is C44H26N4O3S. The van der Waals surface area contributed by atoms with Crippen molar-refractivity contribution < 1.29 is 13.6 Å². The molecule has 0 radical (unpaired) electrons. The summed E-state index contributed by atoms with van der Waals surface area (Å²) in [5.41, 5.74) is 10.9. The molecule has 4 heterocycles. The lowest BCUT2D eigenvalue weighted by Gasteiger charge is -2.32. The van der Waals surface area contributed by atoms with Gasteiger partial charge in [0.2, 0.25) is 11.8 Å². The molecule has 2 aliphatic rings. The number of rotatable bonds is 4. The number of hydrogen-bond donors (Lipinski definition) is 0. The minimum Gasteiger partial charge on any atom is -0.453 e. The second kappa shape index (κ2) is 11.4. The van der Waals surface area contributed by atoms with Crippen molar-refractivity contribution in [1.29, 1.82) is 0 Å². The van der Waals surface area contributed by atoms with E-state index in [1.165, 1.54) is 21.2 Å². The highest BCUT2D eigenvalue weighted by atomic mass is 32.2. The van der Waals surface area contributed by atoms with Gasteiger partial charge < -0.3 is 23.4 Å². The third-order valence-corrected chi connectivity index (χ3v) is 10.6. The van der Waals surface area contributed by atoms with Gasteiger partial charge in [-0.2, -0.15) is 0 Å². The maximum Gasteiger partial charge on any atom is 0.227 e. The SMILES string of the molecule is c1ccc2c(c1)Oc1ccccc1N2c1ccc(-c2nc3cc4oc(-c5ccc(N6c7ccccc7Sc7ccccc76)cc5)nc4cc3o2)cc1. The van der Waals surface area contributed by atoms with Crippen LogP contribution in [0, 0.1) is 0 Å². The molecule has 0 N–H and O–H groups in total. The van der Waals surface area contributed by atoms with E-state index in [0.29, 0.717) is 34.0 Å². The Labute approximate surface area is 302 Å². The van der Waals surface area contributed by atoms with E-state index in [9.17, 15) is 0 Å². The van der Waals surface area contributed by atoms with E-state index in [-0.39, 0.29) is 0 Å². The number of benzene rings is 7. The van der Waals surface area contributed by atoms with E-state index in [1.54, 1.807) is 11.8 Å². The summed E-state index contributed by atoms with van der Waals surface area (Å²) in [6.07, 6.45) is 0. The molecule has 7 nitrogen and oxygen atoms in total. The Morgan fingerprint density at radius 1 is 0.423 bits per heavy atom. The first kappa shape index (κ1) is 29.0. The molecule has 2 aliphatic heterocycles. The fourth-order valence-corrected chi connectivity index (χ4v) is 8.13. The second-order valence-electron chi connectivity index (χ2n) is 12.7. The molecule has 8 heteroatoms. The van der Waals surface area contributed by atoms with Gasteiger partial charge in [-0.15, -0.1) is 0 Å². The van der Waals surface area contributed by atoms with Crippen LogP contribution in [0.15, 0.2) is 176 Å². The Balaban J connectivity index is 0.885. The maximum absolute atomic E-state index is 6.29. The fraction of sp³-hybridized carbons (Fsp3) is 0. The predicted molar refractivity (Wildman–Crippen MR) is 206 cm³/mol. The van der Waals surface area contributed by atoms with Crippen molar-refractivity contribution in [2.24, 2.45) is 0 Å². The molecular weight excluding hydrogens is 665 g/mol. The Morgan fingerprint density at radius 3 is 1.31 bits per heavy atom. The van der Waals surface area contributed by atoms with E-state index < -0.39 is 0 Å². The monoisotopic (exact) mass is 690 g/mol. The van der Waals surface area contributed by atoms with E-state index in [0.717, 1.165) is 45.4 Å². The number of para-hydroxylation sites is 6. The first-order chi connectivity index (χ1) is 25.7. The van der Waals surface area contributed by atoms with Crippen LogP contribution >= 0.6 is 11.8 Å². The van der Waals surface area contributed by atoms with Gasteiger partial charge >= 0.3 is 0 Å². The van der Waals surface area contributed by atoms with Crippen LogP contribution in [0.25, 0.3) is 45.1 Å². The number of oxazole rings is 2. The van der Waals surface area contributed by atoms with Gasteiger partial charge in [0.15, 0.2) is 22.7 Å². The summed E-state index contributed by atoms with van der Waals surface area (Å²) < 4.78 is 18.8. The molecule has 9 aromatic rings. The number of aromatic nitrogens is 2. The lowest BCUT2D eigenvalue weighted by Crippen LogP contribution is -2.15. The van der Waals surface area contributed by atoms with E-state index in [4.69, 9.17) is 23.5 Å². The van der Waals surface area contributed by atoms with Crippen LogP contribution < -0.4 is 14.5 Å². The molecule has 0 saturated heterocycles. The number of ether oxygens (including phenoxy) is 1. The van der Waals surface area contributed by atoms with Crippen LogP contribution in [0.2, 0.25) is 0 Å². The largest absolute Gasteiger partial charge is 0.453 e. The Morgan fingerprint density at radius 2 is 0.827 bits per heavy atom. The number of anilines is 6. The van der Waals surface area contributed by atoms with Crippen LogP contribution in [0.5, 0.6) is 11.5 Å². The highest BCUT2D eigenvalue weighted by Gasteiger charge is 2.26. The number of hydrogen-bond acceptors (Lipinski definition) is 8. The summed E-state index contributed by atoms with van der Waals surface area (Å²) >= 11 is 1.80. The molecule has 0 fully saturated rings. The molecule has 7 aromatic carbocycles. The van der Waals surface area contributed by atoms with Gasteiger partial charge in [-0.3, -0.25) is 0 Å². The number of fused-ring (bicyclic) bond motifs is 6. The van der Waals surface area contributed by atoms with Gasteiger partial charge in [0.1, 0.15) is 11.0 Å². The Kier molecular flexibility index (Phi) is 6.35. The predicted octanol–water partition coefficient (Wildman–Crippen LogP) is 12.8. The number of nitrogens with zero attached hydrogens (tertiary/aromatic N) is 4. The summed E-state index contributed by atoms with van der Waals surface area (Å²) in [4.78, 5) is 16.7. The summed E-state index contributed by atoms with van der Waals surface area (Å²) in [5, 5.41) is 0. The maximum atomic E-state index is 6.29. The van der Waals surface area contributed by atoms with Crippen molar-refractivity contribution in [2.45, 2.75) is 9.79 Å². The highest BCUT2D eigenvalue weighted by molar-refractivity contribution is 7.99. The van der Waals surface area contributed by atoms with Crippen molar-refractivity contribution in [3.8, 4) is 34.4 Å². The van der Waals surface area contributed by atoms with Crippen LogP contribution in [0.3, 0.4) is 0 Å². The average molecular weight is 691 g/mol. The molecule has 11 rings (SSSR count). The Hall–Kier alpha value is -6.77. The van der Waals surface area contributed by atoms with E-state index in [2.05, 4.69) is 107 Å². The quantitative estimate of drug-likeness (QED) is 0.181. The van der Waals surface area contributed by atoms with Crippen LogP contribution in [0.4, 0.5) is 34.1 Å². The summed E-state index contributed by atoms with van der Waals surface area (Å²) in [5.74, 6) is 2.71. The van der Waals surface area contributed by atoms with Crippen molar-refractivity contribution >= 4 is 68.1 Å². The lowest BCUT2D eigenvalue weighted by molar-refractivity contribution is 0.477. The average Bonchev–Trinajstić information content (AvgIpc) is 3.82. The minimum absolute atomic E-state index is 0.534. The van der Waals surface area contributed by atoms with Crippen molar-refractivity contribution in [3.05, 3.63) is 158 Å². The highest BCUT2D eigenvalue weighted by Crippen LogP contribution is 2.52. The minimum atomic E-state index is 0.534. The van der Waals surface area contributed by atoms with E-state index in [1.807, 2.05) is 60.7 Å². The zero-order valence-electron chi connectivity index (χ0n) is 27.4. The van der Waals surface area contributed by atoms with Crippen molar-refractivity contribution in [3.63, 3.8) is 0 Å². The molecule has 0 aliphatic carbocycles.